The van der Waals surface area contributed by atoms with Crippen LogP contribution in [0.5, 0.6) is 11.6 Å². The number of hydrogen-bond donors (Lipinski definition) is 3. The van der Waals surface area contributed by atoms with Gasteiger partial charge in [0.25, 0.3) is 0 Å². The summed E-state index contributed by atoms with van der Waals surface area (Å²) in [7, 11) is 0. The molecule has 0 radical (unpaired) electrons. The lowest BCUT2D eigenvalue weighted by atomic mass is 10.2. The normalized spacial score (nSPS) is 10.6. The molecule has 0 aliphatic heterocycles. The second-order valence-electron chi connectivity index (χ2n) is 4.14. The van der Waals surface area contributed by atoms with Crippen molar-refractivity contribution in [3.63, 3.8) is 0 Å². The second-order valence-corrected chi connectivity index (χ2v) is 4.55. The van der Waals surface area contributed by atoms with Gasteiger partial charge in [-0.1, -0.05) is 11.6 Å². The zero-order valence-corrected chi connectivity index (χ0v) is 11.5. The summed E-state index contributed by atoms with van der Waals surface area (Å²) in [4.78, 5) is 12.2. The van der Waals surface area contributed by atoms with Crippen LogP contribution in [0, 0.1) is 0 Å². The Labute approximate surface area is 124 Å². The molecule has 21 heavy (non-hydrogen) atoms. The fraction of sp³-hybridized carbons (Fsp3) is 0. The molecule has 0 amide bonds. The topological polar surface area (TPSA) is 112 Å². The lowest BCUT2D eigenvalue weighted by Crippen LogP contribution is -2.10. The number of rotatable bonds is 3. The number of nitrogens with zero attached hydrogens (tertiary/aromatic N) is 3. The van der Waals surface area contributed by atoms with E-state index in [1.165, 1.54) is 6.07 Å². The van der Waals surface area contributed by atoms with Crippen LogP contribution in [0.4, 0.5) is 11.8 Å². The lowest BCUT2D eigenvalue weighted by molar-refractivity contribution is 0.467. The largest absolute Gasteiger partial charge is 0.436 e. The Morgan fingerprint density at radius 2 is 2.05 bits per heavy atom. The summed E-state index contributed by atoms with van der Waals surface area (Å²) in [6.07, 6.45) is 1.66. The highest BCUT2D eigenvalue weighted by Crippen LogP contribution is 2.32. The molecule has 0 saturated carbocycles. The summed E-state index contributed by atoms with van der Waals surface area (Å²) in [6.45, 7) is 0. The molecule has 2 heterocycles. The van der Waals surface area contributed by atoms with Crippen LogP contribution in [-0.4, -0.2) is 15.0 Å². The highest BCUT2D eigenvalue weighted by Gasteiger charge is 2.10. The molecule has 5 N–H and O–H groups in total. The molecule has 0 bridgehead atoms. The zero-order valence-electron chi connectivity index (χ0n) is 10.7. The Morgan fingerprint density at radius 3 is 2.86 bits per heavy atom. The van der Waals surface area contributed by atoms with Gasteiger partial charge in [-0.15, -0.1) is 0 Å². The van der Waals surface area contributed by atoms with E-state index in [-0.39, 0.29) is 11.8 Å². The van der Waals surface area contributed by atoms with E-state index in [0.717, 1.165) is 5.39 Å². The van der Waals surface area contributed by atoms with E-state index in [9.17, 15) is 0 Å². The Balaban J connectivity index is 2.06. The summed E-state index contributed by atoms with van der Waals surface area (Å²) >= 11 is 6.14. The first-order valence-electron chi connectivity index (χ1n) is 5.99. The third-order valence-corrected chi connectivity index (χ3v) is 3.09. The summed E-state index contributed by atoms with van der Waals surface area (Å²) in [5, 5.41) is 1.38. The van der Waals surface area contributed by atoms with E-state index < -0.39 is 0 Å². The zero-order chi connectivity index (χ0) is 14.8. The van der Waals surface area contributed by atoms with Crippen LogP contribution in [0.3, 0.4) is 0 Å². The molecule has 0 aliphatic rings. The van der Waals surface area contributed by atoms with Crippen LogP contribution in [-0.2, 0) is 0 Å². The quantitative estimate of drug-likeness (QED) is 0.503. The van der Waals surface area contributed by atoms with Gasteiger partial charge < -0.3 is 15.9 Å². The first kappa shape index (κ1) is 13.3. The van der Waals surface area contributed by atoms with E-state index in [4.69, 9.17) is 27.9 Å². The van der Waals surface area contributed by atoms with E-state index in [1.807, 2.05) is 6.07 Å². The van der Waals surface area contributed by atoms with Crippen LogP contribution >= 0.6 is 11.6 Å². The van der Waals surface area contributed by atoms with Crippen molar-refractivity contribution in [3.05, 3.63) is 41.6 Å². The molecule has 0 fully saturated rings. The van der Waals surface area contributed by atoms with Gasteiger partial charge in [-0.3, -0.25) is 4.98 Å². The Hall–Kier alpha value is -2.64. The molecule has 1 aromatic carbocycles. The number of nitrogens with two attached hydrogens (primary N) is 2. The Kier molecular flexibility index (Phi) is 3.43. The molecule has 2 aromatic heterocycles. The van der Waals surface area contributed by atoms with Crippen molar-refractivity contribution in [2.75, 3.05) is 11.2 Å². The highest BCUT2D eigenvalue weighted by molar-refractivity contribution is 6.35. The highest BCUT2D eigenvalue weighted by atomic mass is 35.5. The predicted octanol–water partition coefficient (Wildman–Crippen LogP) is 2.34. The molecule has 0 atom stereocenters. The van der Waals surface area contributed by atoms with Crippen LogP contribution < -0.4 is 21.7 Å². The van der Waals surface area contributed by atoms with Crippen molar-refractivity contribution >= 4 is 34.3 Å². The van der Waals surface area contributed by atoms with E-state index in [1.54, 1.807) is 24.4 Å². The van der Waals surface area contributed by atoms with Crippen LogP contribution in [0.15, 0.2) is 36.5 Å². The van der Waals surface area contributed by atoms with Gasteiger partial charge >= 0.3 is 0 Å². The van der Waals surface area contributed by atoms with Gasteiger partial charge in [0, 0.05) is 17.6 Å². The van der Waals surface area contributed by atoms with Crippen molar-refractivity contribution in [2.24, 2.45) is 5.84 Å². The van der Waals surface area contributed by atoms with Crippen molar-refractivity contribution in [1.29, 1.82) is 0 Å². The van der Waals surface area contributed by atoms with Crippen molar-refractivity contribution in [2.45, 2.75) is 0 Å². The minimum absolute atomic E-state index is 0.0479. The van der Waals surface area contributed by atoms with Crippen LogP contribution in [0.25, 0.3) is 10.9 Å². The molecular formula is C13H11ClN6O. The van der Waals surface area contributed by atoms with E-state index >= 15 is 0 Å². The fourth-order valence-electron chi connectivity index (χ4n) is 1.88. The number of ether oxygens (including phenoxy) is 1. The first-order valence-corrected chi connectivity index (χ1v) is 6.37. The van der Waals surface area contributed by atoms with Crippen LogP contribution in [0.1, 0.15) is 0 Å². The molecule has 0 aliphatic carbocycles. The lowest BCUT2D eigenvalue weighted by Gasteiger charge is -2.09. The minimum Gasteiger partial charge on any atom is -0.436 e. The average Bonchev–Trinajstić information content (AvgIpc) is 2.50. The Morgan fingerprint density at radius 1 is 1.19 bits per heavy atom. The molecule has 3 aromatic rings. The summed E-state index contributed by atoms with van der Waals surface area (Å²) in [5.41, 5.74) is 8.61. The monoisotopic (exact) mass is 302 g/mol. The van der Waals surface area contributed by atoms with Gasteiger partial charge in [0.15, 0.2) is 5.75 Å². The third kappa shape index (κ3) is 2.64. The molecular weight excluding hydrogens is 292 g/mol. The maximum Gasteiger partial charge on any atom is 0.226 e. The summed E-state index contributed by atoms with van der Waals surface area (Å²) in [5.74, 6) is 6.47. The van der Waals surface area contributed by atoms with E-state index in [2.05, 4.69) is 20.4 Å². The molecule has 0 spiro atoms. The van der Waals surface area contributed by atoms with Crippen LogP contribution in [0.2, 0.25) is 5.02 Å². The molecule has 8 heteroatoms. The maximum absolute atomic E-state index is 6.14. The SMILES string of the molecule is NNc1cc(Oc2ccc(Cl)c3cccnc23)nc(N)n1. The van der Waals surface area contributed by atoms with Crippen molar-refractivity contribution in [1.82, 2.24) is 15.0 Å². The molecule has 3 rings (SSSR count). The van der Waals surface area contributed by atoms with Gasteiger partial charge in [0.2, 0.25) is 11.8 Å². The van der Waals surface area contributed by atoms with Gasteiger partial charge in [0.05, 0.1) is 5.02 Å². The molecule has 7 nitrogen and oxygen atoms in total. The predicted molar refractivity (Wildman–Crippen MR) is 81.1 cm³/mol. The van der Waals surface area contributed by atoms with Gasteiger partial charge in [-0.05, 0) is 24.3 Å². The number of fused-ring (bicyclic) bond motifs is 1. The molecule has 106 valence electrons. The molecule has 0 saturated heterocycles. The number of hydrogen-bond acceptors (Lipinski definition) is 7. The minimum atomic E-state index is 0.0479. The second kappa shape index (κ2) is 5.39. The maximum atomic E-state index is 6.14. The van der Waals surface area contributed by atoms with Crippen molar-refractivity contribution < 1.29 is 4.74 Å². The van der Waals surface area contributed by atoms with E-state index in [0.29, 0.717) is 22.1 Å². The number of halogens is 1. The number of pyridine rings is 1. The number of hydrazine groups is 1. The molecule has 0 unspecified atom stereocenters. The van der Waals surface area contributed by atoms with Crippen molar-refractivity contribution in [3.8, 4) is 11.6 Å². The smallest absolute Gasteiger partial charge is 0.226 e. The van der Waals surface area contributed by atoms with Gasteiger partial charge in [0.1, 0.15) is 11.3 Å². The summed E-state index contributed by atoms with van der Waals surface area (Å²) < 4.78 is 5.72. The van der Waals surface area contributed by atoms with Gasteiger partial charge in [-0.2, -0.15) is 9.97 Å². The number of aromatic nitrogens is 3. The standard InChI is InChI=1S/C13H11ClN6O/c14-8-3-4-9(12-7(8)2-1-5-17-12)21-11-6-10(20-16)18-13(15)19-11/h1-6H,16H2,(H3,15,18,19,20). The average molecular weight is 303 g/mol. The number of benzene rings is 1. The van der Waals surface area contributed by atoms with Gasteiger partial charge in [-0.25, -0.2) is 5.84 Å². The first-order chi connectivity index (χ1) is 10.2. The Bertz CT molecular complexity index is 810. The third-order valence-electron chi connectivity index (χ3n) is 2.76. The number of nitrogen functional groups attached to an aromatic ring is 2. The summed E-state index contributed by atoms with van der Waals surface area (Å²) in [6, 6.07) is 8.63. The fourth-order valence-corrected chi connectivity index (χ4v) is 2.09. The number of anilines is 2. The number of nitrogens with one attached hydrogen (secondary N) is 1.